The lowest BCUT2D eigenvalue weighted by molar-refractivity contribution is -0.125. The molecule has 0 saturated carbocycles. The SMILES string of the molecule is C=CCSc1ccc(/C=C/C2NNC(=O)CC2C)cc1OC. The third kappa shape index (κ3) is 4.39. The van der Waals surface area contributed by atoms with Gasteiger partial charge < -0.3 is 4.74 Å². The van der Waals surface area contributed by atoms with Crippen molar-refractivity contribution in [2.75, 3.05) is 12.9 Å². The first kappa shape index (κ1) is 16.6. The van der Waals surface area contributed by atoms with Crippen LogP contribution in [0.1, 0.15) is 18.9 Å². The summed E-state index contributed by atoms with van der Waals surface area (Å²) in [5.74, 6) is 2.04. The minimum absolute atomic E-state index is 0.0439. The van der Waals surface area contributed by atoms with Gasteiger partial charge in [-0.3, -0.25) is 10.2 Å². The third-order valence-electron chi connectivity index (χ3n) is 3.54. The molecule has 1 aliphatic rings. The maximum atomic E-state index is 11.3. The molecule has 0 aliphatic carbocycles. The van der Waals surface area contributed by atoms with E-state index in [-0.39, 0.29) is 17.9 Å². The van der Waals surface area contributed by atoms with Crippen molar-refractivity contribution >= 4 is 23.7 Å². The standard InChI is InChI=1S/C17H22N2O2S/c1-4-9-22-16-8-6-13(11-15(16)21-3)5-7-14-12(2)10-17(20)19-18-14/h4-8,11-12,14,18H,1,9-10H2,2-3H3,(H,19,20)/b7-5+. The van der Waals surface area contributed by atoms with Crippen molar-refractivity contribution in [2.45, 2.75) is 24.3 Å². The van der Waals surface area contributed by atoms with E-state index >= 15 is 0 Å². The highest BCUT2D eigenvalue weighted by atomic mass is 32.2. The molecule has 1 aromatic carbocycles. The van der Waals surface area contributed by atoms with Crippen LogP contribution in [0.15, 0.2) is 41.8 Å². The van der Waals surface area contributed by atoms with Crippen LogP contribution in [0.5, 0.6) is 5.75 Å². The first-order valence-corrected chi connectivity index (χ1v) is 8.27. The molecule has 2 unspecified atom stereocenters. The number of amides is 1. The zero-order chi connectivity index (χ0) is 15.9. The fraction of sp³-hybridized carbons (Fsp3) is 0.353. The van der Waals surface area contributed by atoms with Crippen LogP contribution in [0.2, 0.25) is 0 Å². The fourth-order valence-electron chi connectivity index (χ4n) is 2.28. The Morgan fingerprint density at radius 3 is 3.00 bits per heavy atom. The Bertz CT molecular complexity index is 572. The summed E-state index contributed by atoms with van der Waals surface area (Å²) in [6.07, 6.45) is 6.55. The largest absolute Gasteiger partial charge is 0.496 e. The Labute approximate surface area is 136 Å². The van der Waals surface area contributed by atoms with E-state index < -0.39 is 0 Å². The molecule has 2 atom stereocenters. The van der Waals surface area contributed by atoms with Gasteiger partial charge in [0.1, 0.15) is 5.75 Å². The van der Waals surface area contributed by atoms with Crippen LogP contribution in [0.3, 0.4) is 0 Å². The molecular weight excluding hydrogens is 296 g/mol. The van der Waals surface area contributed by atoms with Crippen molar-refractivity contribution in [3.05, 3.63) is 42.5 Å². The average molecular weight is 318 g/mol. The molecule has 0 spiro atoms. The number of carbonyl (C=O) groups excluding carboxylic acids is 1. The summed E-state index contributed by atoms with van der Waals surface area (Å²) in [5.41, 5.74) is 6.77. The van der Waals surface area contributed by atoms with Gasteiger partial charge in [-0.2, -0.15) is 0 Å². The molecule has 5 heteroatoms. The quantitative estimate of drug-likeness (QED) is 0.625. The Balaban J connectivity index is 2.07. The van der Waals surface area contributed by atoms with Crippen molar-refractivity contribution in [1.82, 2.24) is 10.9 Å². The molecule has 118 valence electrons. The second-order valence-electron chi connectivity index (χ2n) is 5.27. The van der Waals surface area contributed by atoms with Crippen LogP contribution in [0.4, 0.5) is 0 Å². The second kappa shape index (κ2) is 8.06. The predicted octanol–water partition coefficient (Wildman–Crippen LogP) is 3.02. The van der Waals surface area contributed by atoms with Gasteiger partial charge in [-0.25, -0.2) is 5.43 Å². The van der Waals surface area contributed by atoms with E-state index in [9.17, 15) is 4.79 Å². The lowest BCUT2D eigenvalue weighted by Gasteiger charge is -2.27. The van der Waals surface area contributed by atoms with Crippen molar-refractivity contribution in [3.63, 3.8) is 0 Å². The summed E-state index contributed by atoms with van der Waals surface area (Å²) in [5, 5.41) is 0. The maximum absolute atomic E-state index is 11.3. The Morgan fingerprint density at radius 2 is 2.32 bits per heavy atom. The molecule has 2 N–H and O–H groups in total. The van der Waals surface area contributed by atoms with Gasteiger partial charge in [0.25, 0.3) is 0 Å². The highest BCUT2D eigenvalue weighted by Gasteiger charge is 2.22. The smallest absolute Gasteiger partial charge is 0.234 e. The number of hydrogen-bond acceptors (Lipinski definition) is 4. The van der Waals surface area contributed by atoms with Crippen LogP contribution in [-0.4, -0.2) is 24.8 Å². The molecule has 1 saturated heterocycles. The topological polar surface area (TPSA) is 50.4 Å². The van der Waals surface area contributed by atoms with Crippen LogP contribution < -0.4 is 15.6 Å². The van der Waals surface area contributed by atoms with Crippen LogP contribution in [0, 0.1) is 5.92 Å². The second-order valence-corrected chi connectivity index (χ2v) is 6.33. The molecule has 1 amide bonds. The van der Waals surface area contributed by atoms with E-state index in [0.717, 1.165) is 22.0 Å². The molecule has 1 heterocycles. The predicted molar refractivity (Wildman–Crippen MR) is 91.8 cm³/mol. The van der Waals surface area contributed by atoms with Gasteiger partial charge >= 0.3 is 0 Å². The molecule has 1 aromatic rings. The van der Waals surface area contributed by atoms with Gasteiger partial charge in [-0.15, -0.1) is 18.3 Å². The summed E-state index contributed by atoms with van der Waals surface area (Å²) < 4.78 is 5.45. The van der Waals surface area contributed by atoms with Crippen molar-refractivity contribution in [3.8, 4) is 5.75 Å². The van der Waals surface area contributed by atoms with Gasteiger partial charge in [0, 0.05) is 23.1 Å². The number of nitrogens with one attached hydrogen (secondary N) is 2. The maximum Gasteiger partial charge on any atom is 0.234 e. The molecule has 0 bridgehead atoms. The van der Waals surface area contributed by atoms with Gasteiger partial charge in [-0.05, 0) is 23.6 Å². The van der Waals surface area contributed by atoms with Crippen LogP contribution >= 0.6 is 11.8 Å². The first-order chi connectivity index (χ1) is 10.6. The highest BCUT2D eigenvalue weighted by molar-refractivity contribution is 7.99. The number of hydrazine groups is 1. The summed E-state index contributed by atoms with van der Waals surface area (Å²) in [4.78, 5) is 12.4. The Hall–Kier alpha value is -1.72. The zero-order valence-corrected chi connectivity index (χ0v) is 13.8. The van der Waals surface area contributed by atoms with E-state index in [1.807, 2.05) is 12.1 Å². The Kier molecular flexibility index (Phi) is 6.10. The Morgan fingerprint density at radius 1 is 1.50 bits per heavy atom. The number of benzene rings is 1. The summed E-state index contributed by atoms with van der Waals surface area (Å²) >= 11 is 1.70. The molecule has 4 nitrogen and oxygen atoms in total. The number of hydrogen-bond donors (Lipinski definition) is 2. The summed E-state index contributed by atoms with van der Waals surface area (Å²) in [7, 11) is 1.68. The average Bonchev–Trinajstić information content (AvgIpc) is 2.52. The lowest BCUT2D eigenvalue weighted by atomic mass is 9.96. The van der Waals surface area contributed by atoms with Crippen molar-refractivity contribution in [1.29, 1.82) is 0 Å². The van der Waals surface area contributed by atoms with Gasteiger partial charge in [0.15, 0.2) is 0 Å². The number of carbonyl (C=O) groups is 1. The minimum atomic E-state index is 0.0439. The van der Waals surface area contributed by atoms with E-state index in [0.29, 0.717) is 6.42 Å². The van der Waals surface area contributed by atoms with Gasteiger partial charge in [-0.1, -0.05) is 31.2 Å². The highest BCUT2D eigenvalue weighted by Crippen LogP contribution is 2.30. The molecule has 0 radical (unpaired) electrons. The van der Waals surface area contributed by atoms with E-state index in [4.69, 9.17) is 4.74 Å². The van der Waals surface area contributed by atoms with Crippen LogP contribution in [-0.2, 0) is 4.79 Å². The normalized spacial score (nSPS) is 21.6. The van der Waals surface area contributed by atoms with E-state index in [2.05, 4.69) is 48.6 Å². The molecule has 0 aromatic heterocycles. The molecule has 2 rings (SSSR count). The number of methoxy groups -OCH3 is 1. The fourth-order valence-corrected chi connectivity index (χ4v) is 3.03. The summed E-state index contributed by atoms with van der Waals surface area (Å²) in [6.45, 7) is 5.80. The minimum Gasteiger partial charge on any atom is -0.496 e. The molecule has 22 heavy (non-hydrogen) atoms. The third-order valence-corrected chi connectivity index (χ3v) is 4.59. The van der Waals surface area contributed by atoms with Crippen molar-refractivity contribution < 1.29 is 9.53 Å². The zero-order valence-electron chi connectivity index (χ0n) is 13.0. The van der Waals surface area contributed by atoms with Crippen molar-refractivity contribution in [2.24, 2.45) is 5.92 Å². The molecule has 1 fully saturated rings. The first-order valence-electron chi connectivity index (χ1n) is 7.28. The lowest BCUT2D eigenvalue weighted by Crippen LogP contribution is -2.52. The molecule has 1 aliphatic heterocycles. The number of ether oxygens (including phenoxy) is 1. The summed E-state index contributed by atoms with van der Waals surface area (Å²) in [6, 6.07) is 6.29. The van der Waals surface area contributed by atoms with Crippen LogP contribution in [0.25, 0.3) is 6.08 Å². The van der Waals surface area contributed by atoms with E-state index in [1.165, 1.54) is 0 Å². The monoisotopic (exact) mass is 318 g/mol. The number of rotatable bonds is 6. The van der Waals surface area contributed by atoms with Gasteiger partial charge in [0.05, 0.1) is 7.11 Å². The number of thioether (sulfide) groups is 1. The van der Waals surface area contributed by atoms with Gasteiger partial charge in [0.2, 0.25) is 5.91 Å². The van der Waals surface area contributed by atoms with E-state index in [1.54, 1.807) is 18.9 Å². The molecular formula is C17H22N2O2S.